The molecule has 1 aromatic rings. The summed E-state index contributed by atoms with van der Waals surface area (Å²) >= 11 is 0. The van der Waals surface area contributed by atoms with Crippen LogP contribution < -0.4 is 11.0 Å². The van der Waals surface area contributed by atoms with Crippen molar-refractivity contribution in [3.8, 4) is 0 Å². The van der Waals surface area contributed by atoms with Crippen LogP contribution in [0.15, 0.2) is 11.0 Å². The van der Waals surface area contributed by atoms with Crippen LogP contribution in [0.5, 0.6) is 0 Å². The number of amides is 2. The Kier molecular flexibility index (Phi) is 2.51. The molecule has 1 unspecified atom stereocenters. The molecule has 3 N–H and O–H groups in total. The van der Waals surface area contributed by atoms with Gasteiger partial charge in [0, 0.05) is 19.3 Å². The van der Waals surface area contributed by atoms with E-state index < -0.39 is 11.7 Å². The molecular weight excluding hydrogens is 212 g/mol. The predicted molar refractivity (Wildman–Crippen MR) is 54.9 cm³/mol. The van der Waals surface area contributed by atoms with Gasteiger partial charge in [-0.15, -0.1) is 0 Å². The van der Waals surface area contributed by atoms with E-state index in [2.05, 4.69) is 15.3 Å². The molecule has 0 spiro atoms. The highest BCUT2D eigenvalue weighted by atomic mass is 16.2. The fourth-order valence-corrected chi connectivity index (χ4v) is 1.66. The predicted octanol–water partition coefficient (Wildman–Crippen LogP) is -1.34. The number of aromatic amines is 2. The summed E-state index contributed by atoms with van der Waals surface area (Å²) in [6.07, 6.45) is 1.31. The van der Waals surface area contributed by atoms with Crippen LogP contribution in [0.1, 0.15) is 17.4 Å². The SMILES string of the molecule is CC1C(=O)NCCN1C(=O)c1c[nH]c(=O)[nH]1. The smallest absolute Gasteiger partial charge is 0.323 e. The number of piperazine rings is 1. The Morgan fingerprint density at radius 3 is 2.88 bits per heavy atom. The molecule has 1 aliphatic heterocycles. The standard InChI is InChI=1S/C9H12N4O3/c1-5-7(14)10-2-3-13(5)8(15)6-4-11-9(16)12-6/h4-5H,2-3H2,1H3,(H,10,14)(H2,11,12,16). The fourth-order valence-electron chi connectivity index (χ4n) is 1.66. The first-order valence-corrected chi connectivity index (χ1v) is 4.96. The molecule has 1 saturated heterocycles. The third-order valence-corrected chi connectivity index (χ3v) is 2.59. The highest BCUT2D eigenvalue weighted by Crippen LogP contribution is 2.07. The average molecular weight is 224 g/mol. The Balaban J connectivity index is 2.21. The van der Waals surface area contributed by atoms with E-state index in [0.717, 1.165) is 0 Å². The Hall–Kier alpha value is -2.05. The van der Waals surface area contributed by atoms with Crippen LogP contribution in [0.3, 0.4) is 0 Å². The third-order valence-electron chi connectivity index (χ3n) is 2.59. The van der Waals surface area contributed by atoms with Crippen molar-refractivity contribution in [2.75, 3.05) is 13.1 Å². The third kappa shape index (κ3) is 1.71. The summed E-state index contributed by atoms with van der Waals surface area (Å²) in [5.41, 5.74) is -0.260. The van der Waals surface area contributed by atoms with E-state index in [4.69, 9.17) is 0 Å². The Morgan fingerprint density at radius 1 is 1.50 bits per heavy atom. The molecule has 2 heterocycles. The van der Waals surface area contributed by atoms with Crippen LogP contribution >= 0.6 is 0 Å². The summed E-state index contributed by atoms with van der Waals surface area (Å²) in [4.78, 5) is 40.3. The lowest BCUT2D eigenvalue weighted by Gasteiger charge is -2.32. The Bertz CT molecular complexity index is 475. The number of nitrogens with zero attached hydrogens (tertiary/aromatic N) is 1. The van der Waals surface area contributed by atoms with Crippen LogP contribution in [0.25, 0.3) is 0 Å². The lowest BCUT2D eigenvalue weighted by atomic mass is 10.2. The second-order valence-electron chi connectivity index (χ2n) is 3.62. The van der Waals surface area contributed by atoms with E-state index in [1.165, 1.54) is 11.1 Å². The van der Waals surface area contributed by atoms with Crippen molar-refractivity contribution < 1.29 is 9.59 Å². The topological polar surface area (TPSA) is 98.1 Å². The van der Waals surface area contributed by atoms with Gasteiger partial charge in [-0.2, -0.15) is 0 Å². The summed E-state index contributed by atoms with van der Waals surface area (Å²) in [6.45, 7) is 2.53. The lowest BCUT2D eigenvalue weighted by Crippen LogP contribution is -2.55. The van der Waals surface area contributed by atoms with Crippen molar-refractivity contribution in [2.45, 2.75) is 13.0 Å². The quantitative estimate of drug-likeness (QED) is 0.550. The first-order chi connectivity index (χ1) is 7.59. The molecule has 0 aliphatic carbocycles. The number of carbonyl (C=O) groups is 2. The normalized spacial score (nSPS) is 20.7. The van der Waals surface area contributed by atoms with Crippen molar-refractivity contribution in [1.29, 1.82) is 0 Å². The van der Waals surface area contributed by atoms with Gasteiger partial charge in [-0.05, 0) is 6.92 Å². The molecule has 2 rings (SSSR count). The van der Waals surface area contributed by atoms with Gasteiger partial charge in [0.15, 0.2) is 0 Å². The summed E-state index contributed by atoms with van der Waals surface area (Å²) in [5.74, 6) is -0.529. The summed E-state index contributed by atoms with van der Waals surface area (Å²) in [6, 6.07) is -0.514. The molecule has 0 bridgehead atoms. The molecule has 86 valence electrons. The molecule has 1 aromatic heterocycles. The molecule has 1 aliphatic rings. The number of imidazole rings is 1. The van der Waals surface area contributed by atoms with Crippen molar-refractivity contribution in [3.05, 3.63) is 22.4 Å². The van der Waals surface area contributed by atoms with Crippen molar-refractivity contribution in [2.24, 2.45) is 0 Å². The van der Waals surface area contributed by atoms with Gasteiger partial charge in [0.25, 0.3) is 5.91 Å². The molecule has 1 atom stereocenters. The van der Waals surface area contributed by atoms with E-state index in [0.29, 0.717) is 13.1 Å². The largest absolute Gasteiger partial charge is 0.353 e. The van der Waals surface area contributed by atoms with E-state index in [1.807, 2.05) is 0 Å². The lowest BCUT2D eigenvalue weighted by molar-refractivity contribution is -0.127. The number of aromatic nitrogens is 2. The Labute approximate surface area is 90.8 Å². The van der Waals surface area contributed by atoms with Crippen molar-refractivity contribution >= 4 is 11.8 Å². The minimum atomic E-state index is -0.514. The van der Waals surface area contributed by atoms with E-state index in [1.54, 1.807) is 6.92 Å². The minimum absolute atomic E-state index is 0.173. The van der Waals surface area contributed by atoms with Gasteiger partial charge in [-0.1, -0.05) is 0 Å². The molecule has 1 fully saturated rings. The van der Waals surface area contributed by atoms with E-state index in [-0.39, 0.29) is 17.5 Å². The van der Waals surface area contributed by atoms with E-state index >= 15 is 0 Å². The second-order valence-corrected chi connectivity index (χ2v) is 3.62. The maximum absolute atomic E-state index is 11.9. The van der Waals surface area contributed by atoms with Gasteiger partial charge in [-0.3, -0.25) is 9.59 Å². The van der Waals surface area contributed by atoms with Gasteiger partial charge in [0.05, 0.1) is 0 Å². The molecule has 0 aromatic carbocycles. The van der Waals surface area contributed by atoms with Gasteiger partial charge < -0.3 is 20.2 Å². The number of rotatable bonds is 1. The average Bonchev–Trinajstić information content (AvgIpc) is 2.68. The molecule has 0 saturated carbocycles. The van der Waals surface area contributed by atoms with Crippen LogP contribution in [-0.2, 0) is 4.79 Å². The Morgan fingerprint density at radius 2 is 2.25 bits per heavy atom. The molecule has 2 amide bonds. The fraction of sp³-hybridized carbons (Fsp3) is 0.444. The van der Waals surface area contributed by atoms with Gasteiger partial charge in [0.1, 0.15) is 11.7 Å². The summed E-state index contributed by atoms with van der Waals surface area (Å²) < 4.78 is 0. The first-order valence-electron chi connectivity index (χ1n) is 4.96. The maximum Gasteiger partial charge on any atom is 0.323 e. The summed E-state index contributed by atoms with van der Waals surface area (Å²) in [5, 5.41) is 2.66. The van der Waals surface area contributed by atoms with Crippen LogP contribution in [0.4, 0.5) is 0 Å². The van der Waals surface area contributed by atoms with Gasteiger partial charge in [-0.25, -0.2) is 4.79 Å². The van der Waals surface area contributed by atoms with Crippen LogP contribution in [-0.4, -0.2) is 45.8 Å². The number of H-pyrrole nitrogens is 2. The zero-order valence-electron chi connectivity index (χ0n) is 8.74. The van der Waals surface area contributed by atoms with E-state index in [9.17, 15) is 14.4 Å². The van der Waals surface area contributed by atoms with Crippen molar-refractivity contribution in [1.82, 2.24) is 20.2 Å². The maximum atomic E-state index is 11.9. The number of nitrogens with one attached hydrogen (secondary N) is 3. The second kappa shape index (κ2) is 3.84. The molecule has 7 nitrogen and oxygen atoms in total. The summed E-state index contributed by atoms with van der Waals surface area (Å²) in [7, 11) is 0. The molecule has 7 heteroatoms. The van der Waals surface area contributed by atoms with Gasteiger partial charge >= 0.3 is 5.69 Å². The first kappa shape index (κ1) is 10.5. The molecule has 16 heavy (non-hydrogen) atoms. The molecular formula is C9H12N4O3. The van der Waals surface area contributed by atoms with Crippen LogP contribution in [0, 0.1) is 0 Å². The minimum Gasteiger partial charge on any atom is -0.353 e. The monoisotopic (exact) mass is 224 g/mol. The molecule has 0 radical (unpaired) electrons. The zero-order valence-corrected chi connectivity index (χ0v) is 8.74. The zero-order chi connectivity index (χ0) is 11.7. The van der Waals surface area contributed by atoms with Crippen molar-refractivity contribution in [3.63, 3.8) is 0 Å². The number of hydrogen-bond donors (Lipinski definition) is 3. The number of carbonyl (C=O) groups excluding carboxylic acids is 2. The van der Waals surface area contributed by atoms with Crippen LogP contribution in [0.2, 0.25) is 0 Å². The highest BCUT2D eigenvalue weighted by molar-refractivity contribution is 5.96. The number of hydrogen-bond acceptors (Lipinski definition) is 3. The highest BCUT2D eigenvalue weighted by Gasteiger charge is 2.30. The van der Waals surface area contributed by atoms with Gasteiger partial charge in [0.2, 0.25) is 5.91 Å².